The number of hydrogen-bond donors (Lipinski definition) is 1. The van der Waals surface area contributed by atoms with Crippen LogP contribution in [-0.2, 0) is 0 Å². The zero-order chi connectivity index (χ0) is 15.9. The van der Waals surface area contributed by atoms with E-state index in [0.29, 0.717) is 5.69 Å². The van der Waals surface area contributed by atoms with E-state index in [1.165, 1.54) is 0 Å². The highest BCUT2D eigenvalue weighted by atomic mass is 15.2. The van der Waals surface area contributed by atoms with Gasteiger partial charge in [0.1, 0.15) is 12.1 Å². The molecule has 1 aromatic heterocycles. The molecule has 0 aliphatic carbocycles. The minimum Gasteiger partial charge on any atom is -0.372 e. The highest BCUT2D eigenvalue weighted by Gasteiger charge is 2.08. The van der Waals surface area contributed by atoms with Crippen LogP contribution in [0.2, 0.25) is 0 Å². The molecule has 0 spiro atoms. The summed E-state index contributed by atoms with van der Waals surface area (Å²) in [4.78, 5) is 8.74. The van der Waals surface area contributed by atoms with Gasteiger partial charge in [0.25, 0.3) is 0 Å². The number of nitriles is 2. The lowest BCUT2D eigenvalue weighted by Gasteiger charge is -2.20. The van der Waals surface area contributed by atoms with Crippen molar-refractivity contribution in [1.29, 1.82) is 10.5 Å². The number of nitrogens with one attached hydrogen (secondary N) is 1. The highest BCUT2D eigenvalue weighted by molar-refractivity contribution is 5.52. The van der Waals surface area contributed by atoms with Gasteiger partial charge in [-0.05, 0) is 38.1 Å². The van der Waals surface area contributed by atoms with Crippen LogP contribution in [0.4, 0.5) is 17.3 Å². The van der Waals surface area contributed by atoms with E-state index >= 15 is 0 Å². The number of imidazole rings is 1. The van der Waals surface area contributed by atoms with Gasteiger partial charge in [0.15, 0.2) is 11.4 Å². The molecule has 2 aromatic rings. The van der Waals surface area contributed by atoms with Crippen molar-refractivity contribution in [2.75, 3.05) is 18.0 Å². The molecule has 110 valence electrons. The molecule has 0 saturated carbocycles. The highest BCUT2D eigenvalue weighted by Crippen LogP contribution is 2.21. The molecule has 1 aromatic carbocycles. The minimum absolute atomic E-state index is 0.0216. The van der Waals surface area contributed by atoms with Gasteiger partial charge >= 0.3 is 0 Å². The molecule has 0 aliphatic heterocycles. The van der Waals surface area contributed by atoms with Gasteiger partial charge in [-0.3, -0.25) is 0 Å². The maximum absolute atomic E-state index is 8.83. The fourth-order valence-electron chi connectivity index (χ4n) is 1.99. The van der Waals surface area contributed by atoms with Gasteiger partial charge in [-0.25, -0.2) is 0 Å². The van der Waals surface area contributed by atoms with Gasteiger partial charge in [0, 0.05) is 18.8 Å². The Morgan fingerprint density at radius 2 is 1.77 bits per heavy atom. The third-order valence-corrected chi connectivity index (χ3v) is 3.15. The number of anilines is 1. The maximum Gasteiger partial charge on any atom is 0.249 e. The van der Waals surface area contributed by atoms with Crippen LogP contribution in [0.5, 0.6) is 0 Å². The van der Waals surface area contributed by atoms with Crippen molar-refractivity contribution in [3.8, 4) is 12.1 Å². The molecule has 0 atom stereocenters. The van der Waals surface area contributed by atoms with Gasteiger partial charge in [-0.2, -0.15) is 15.5 Å². The zero-order valence-corrected chi connectivity index (χ0v) is 12.4. The Kier molecular flexibility index (Phi) is 4.84. The van der Waals surface area contributed by atoms with Crippen LogP contribution in [0.3, 0.4) is 0 Å². The summed E-state index contributed by atoms with van der Waals surface area (Å²) >= 11 is 0. The van der Waals surface area contributed by atoms with Gasteiger partial charge < -0.3 is 9.88 Å². The average molecular weight is 293 g/mol. The number of hydrogen-bond acceptors (Lipinski definition) is 6. The van der Waals surface area contributed by atoms with Crippen molar-refractivity contribution in [3.05, 3.63) is 35.7 Å². The van der Waals surface area contributed by atoms with Crippen molar-refractivity contribution < 1.29 is 0 Å². The van der Waals surface area contributed by atoms with E-state index in [4.69, 9.17) is 10.5 Å². The van der Waals surface area contributed by atoms with E-state index in [9.17, 15) is 0 Å². The lowest BCUT2D eigenvalue weighted by atomic mass is 10.2. The third-order valence-electron chi connectivity index (χ3n) is 3.15. The van der Waals surface area contributed by atoms with Crippen molar-refractivity contribution in [1.82, 2.24) is 9.97 Å². The van der Waals surface area contributed by atoms with Gasteiger partial charge in [-0.1, -0.05) is 0 Å². The number of nitrogens with zero attached hydrogens (tertiary/aromatic N) is 6. The number of azo groups is 1. The lowest BCUT2D eigenvalue weighted by Crippen LogP contribution is -2.21. The molecule has 1 N–H and O–H groups in total. The molecule has 0 radical (unpaired) electrons. The van der Waals surface area contributed by atoms with Crippen LogP contribution < -0.4 is 4.90 Å². The molecular formula is C15H15N7. The molecule has 0 fully saturated rings. The van der Waals surface area contributed by atoms with E-state index in [-0.39, 0.29) is 17.3 Å². The predicted molar refractivity (Wildman–Crippen MR) is 82.2 cm³/mol. The molecule has 0 amide bonds. The first-order chi connectivity index (χ1) is 10.7. The van der Waals surface area contributed by atoms with Crippen molar-refractivity contribution in [2.45, 2.75) is 13.8 Å². The molecule has 2 rings (SSSR count). The Hall–Kier alpha value is -3.19. The molecule has 7 heteroatoms. The first-order valence-corrected chi connectivity index (χ1v) is 6.88. The number of rotatable bonds is 5. The molecule has 22 heavy (non-hydrogen) atoms. The van der Waals surface area contributed by atoms with Crippen LogP contribution in [0.1, 0.15) is 25.2 Å². The zero-order valence-electron chi connectivity index (χ0n) is 12.4. The van der Waals surface area contributed by atoms with Crippen LogP contribution >= 0.6 is 0 Å². The Labute approximate surface area is 128 Å². The SMILES string of the molecule is CCN(CC)c1ccc(N=Nc2nc(C#N)c(C#N)[nH]2)cc1. The van der Waals surface area contributed by atoms with E-state index in [0.717, 1.165) is 18.8 Å². The summed E-state index contributed by atoms with van der Waals surface area (Å²) in [5.41, 5.74) is 1.91. The van der Waals surface area contributed by atoms with Crippen molar-refractivity contribution in [3.63, 3.8) is 0 Å². The van der Waals surface area contributed by atoms with Crippen molar-refractivity contribution >= 4 is 17.3 Å². The molecule has 7 nitrogen and oxygen atoms in total. The molecule has 0 saturated heterocycles. The van der Waals surface area contributed by atoms with Crippen LogP contribution in [0.25, 0.3) is 0 Å². The van der Waals surface area contributed by atoms with Crippen LogP contribution in [0.15, 0.2) is 34.5 Å². The fraction of sp³-hybridized carbons (Fsp3) is 0.267. The summed E-state index contributed by atoms with van der Waals surface area (Å²) in [5.74, 6) is 0.140. The Bertz CT molecular complexity index is 708. The molecule has 0 unspecified atom stereocenters. The molecule has 0 bridgehead atoms. The van der Waals surface area contributed by atoms with E-state index in [1.54, 1.807) is 0 Å². The Morgan fingerprint density at radius 3 is 2.27 bits per heavy atom. The second kappa shape index (κ2) is 7.00. The summed E-state index contributed by atoms with van der Waals surface area (Å²) in [6, 6.07) is 11.3. The second-order valence-electron chi connectivity index (χ2n) is 4.40. The number of aromatic nitrogens is 2. The topological polar surface area (TPSA) is 104 Å². The summed E-state index contributed by atoms with van der Waals surface area (Å²) in [7, 11) is 0. The van der Waals surface area contributed by atoms with E-state index in [2.05, 4.69) is 38.9 Å². The molecular weight excluding hydrogens is 278 g/mol. The third kappa shape index (κ3) is 3.28. The Balaban J connectivity index is 2.16. The quantitative estimate of drug-likeness (QED) is 0.853. The van der Waals surface area contributed by atoms with Crippen LogP contribution in [0, 0.1) is 22.7 Å². The van der Waals surface area contributed by atoms with Gasteiger partial charge in [0.2, 0.25) is 5.95 Å². The molecule has 0 aliphatic rings. The number of benzene rings is 1. The Morgan fingerprint density at radius 1 is 1.09 bits per heavy atom. The first kappa shape index (κ1) is 15.2. The normalized spacial score (nSPS) is 10.4. The summed E-state index contributed by atoms with van der Waals surface area (Å²) < 4.78 is 0. The largest absolute Gasteiger partial charge is 0.372 e. The fourth-order valence-corrected chi connectivity index (χ4v) is 1.99. The predicted octanol–water partition coefficient (Wildman–Crippen LogP) is 3.41. The monoisotopic (exact) mass is 293 g/mol. The first-order valence-electron chi connectivity index (χ1n) is 6.88. The van der Waals surface area contributed by atoms with Gasteiger partial charge in [-0.15, -0.1) is 10.2 Å². The number of H-pyrrole nitrogens is 1. The summed E-state index contributed by atoms with van der Waals surface area (Å²) in [5, 5.41) is 25.6. The van der Waals surface area contributed by atoms with E-state index in [1.807, 2.05) is 36.4 Å². The summed E-state index contributed by atoms with van der Waals surface area (Å²) in [6.45, 7) is 6.09. The van der Waals surface area contributed by atoms with Crippen LogP contribution in [-0.4, -0.2) is 23.1 Å². The van der Waals surface area contributed by atoms with Gasteiger partial charge in [0.05, 0.1) is 5.69 Å². The van der Waals surface area contributed by atoms with E-state index < -0.39 is 0 Å². The smallest absolute Gasteiger partial charge is 0.249 e. The second-order valence-corrected chi connectivity index (χ2v) is 4.40. The van der Waals surface area contributed by atoms with Crippen molar-refractivity contribution in [2.24, 2.45) is 10.2 Å². The minimum atomic E-state index is 0.0216. The average Bonchev–Trinajstić information content (AvgIpc) is 2.97. The number of aromatic amines is 1. The summed E-state index contributed by atoms with van der Waals surface area (Å²) in [6.07, 6.45) is 0. The lowest BCUT2D eigenvalue weighted by molar-refractivity contribution is 0.866. The molecule has 1 heterocycles. The maximum atomic E-state index is 8.83. The standard InChI is InChI=1S/C15H15N7/c1-3-22(4-2)12-7-5-11(6-8-12)20-21-15-18-13(9-16)14(10-17)19-15/h5-8H,3-4H2,1-2H3,(H,18,19).